The average Bonchev–Trinajstić information content (AvgIpc) is 3.12. The van der Waals surface area contributed by atoms with Crippen LogP contribution in [0.3, 0.4) is 0 Å². The van der Waals surface area contributed by atoms with Crippen molar-refractivity contribution in [3.63, 3.8) is 0 Å². The van der Waals surface area contributed by atoms with Gasteiger partial charge in [0, 0.05) is 46.2 Å². The molecule has 2 aromatic carbocycles. The molecule has 1 aromatic heterocycles. The van der Waals surface area contributed by atoms with Crippen molar-refractivity contribution in [3.8, 4) is 5.75 Å². The zero-order valence-electron chi connectivity index (χ0n) is 19.7. The number of imidazole rings is 1. The molecule has 0 aliphatic rings. The molecule has 2 N–H and O–H groups in total. The predicted octanol–water partition coefficient (Wildman–Crippen LogP) is 1.91. The van der Waals surface area contributed by atoms with E-state index < -0.39 is 10.0 Å². The summed E-state index contributed by atoms with van der Waals surface area (Å²) in [5.41, 5.74) is 1.96. The van der Waals surface area contributed by atoms with E-state index >= 15 is 0 Å². The van der Waals surface area contributed by atoms with E-state index in [9.17, 15) is 18.0 Å². The molecule has 0 saturated carbocycles. The maximum absolute atomic E-state index is 12.4. The summed E-state index contributed by atoms with van der Waals surface area (Å²) in [7, 11) is 1.24. The molecule has 0 spiro atoms. The molecule has 10 nitrogen and oxygen atoms in total. The van der Waals surface area contributed by atoms with Crippen LogP contribution in [0, 0.1) is 0 Å². The molecule has 34 heavy (non-hydrogen) atoms. The van der Waals surface area contributed by atoms with E-state index in [1.54, 1.807) is 42.5 Å². The van der Waals surface area contributed by atoms with Gasteiger partial charge < -0.3 is 19.9 Å². The van der Waals surface area contributed by atoms with Gasteiger partial charge in [-0.3, -0.25) is 9.59 Å². The van der Waals surface area contributed by atoms with Crippen LogP contribution in [0.4, 0.5) is 5.69 Å². The normalized spacial score (nSPS) is 11.6. The summed E-state index contributed by atoms with van der Waals surface area (Å²) in [6.07, 6.45) is 0.593. The molecular formula is C23H29N5O5S. The lowest BCUT2D eigenvalue weighted by Crippen LogP contribution is -2.28. The number of carbonyl (C=O) groups is 2. The monoisotopic (exact) mass is 487 g/mol. The van der Waals surface area contributed by atoms with Crippen molar-refractivity contribution < 1.29 is 22.7 Å². The van der Waals surface area contributed by atoms with Crippen molar-refractivity contribution in [3.05, 3.63) is 48.3 Å². The van der Waals surface area contributed by atoms with Gasteiger partial charge >= 0.3 is 0 Å². The number of benzene rings is 2. The Balaban J connectivity index is 1.59. The van der Waals surface area contributed by atoms with Crippen molar-refractivity contribution in [1.82, 2.24) is 19.2 Å². The van der Waals surface area contributed by atoms with E-state index in [4.69, 9.17) is 4.74 Å². The Bertz CT molecular complexity index is 1280. The number of sulfonamides is 1. The van der Waals surface area contributed by atoms with Gasteiger partial charge in [-0.05, 0) is 49.4 Å². The number of anilines is 1. The predicted molar refractivity (Wildman–Crippen MR) is 129 cm³/mol. The van der Waals surface area contributed by atoms with Crippen LogP contribution in [-0.2, 0) is 33.1 Å². The van der Waals surface area contributed by atoms with Crippen LogP contribution >= 0.6 is 0 Å². The molecule has 0 radical (unpaired) electrons. The number of nitrogens with one attached hydrogen (secondary N) is 2. The van der Waals surface area contributed by atoms with Gasteiger partial charge in [0.25, 0.3) is 5.91 Å². The maximum atomic E-state index is 12.4. The largest absolute Gasteiger partial charge is 0.484 e. The Hall–Kier alpha value is -3.44. The van der Waals surface area contributed by atoms with Crippen molar-refractivity contribution in [1.29, 1.82) is 0 Å². The van der Waals surface area contributed by atoms with Gasteiger partial charge in [-0.15, -0.1) is 0 Å². The van der Waals surface area contributed by atoms with E-state index in [1.165, 1.54) is 14.1 Å². The SMILES string of the molecule is CCNC(=O)COc1ccc(NC(=O)CCc2nc3cc(S(=O)(=O)N(C)C)ccc3n2C)cc1. The van der Waals surface area contributed by atoms with Gasteiger partial charge in [0.15, 0.2) is 6.61 Å². The third-order valence-corrected chi connectivity index (χ3v) is 6.99. The smallest absolute Gasteiger partial charge is 0.257 e. The highest BCUT2D eigenvalue weighted by atomic mass is 32.2. The summed E-state index contributed by atoms with van der Waals surface area (Å²) >= 11 is 0. The molecule has 0 unspecified atom stereocenters. The molecule has 0 saturated heterocycles. The number of aryl methyl sites for hydroxylation is 2. The number of hydrogen-bond acceptors (Lipinski definition) is 6. The lowest BCUT2D eigenvalue weighted by Gasteiger charge is -2.10. The van der Waals surface area contributed by atoms with Gasteiger partial charge in [0.2, 0.25) is 15.9 Å². The number of amides is 2. The highest BCUT2D eigenvalue weighted by Gasteiger charge is 2.19. The number of carbonyl (C=O) groups excluding carboxylic acids is 2. The fourth-order valence-electron chi connectivity index (χ4n) is 3.30. The Morgan fingerprint density at radius 1 is 1.09 bits per heavy atom. The number of likely N-dealkylation sites (N-methyl/N-ethyl adjacent to an activating group) is 1. The van der Waals surface area contributed by atoms with Gasteiger partial charge in [-0.2, -0.15) is 0 Å². The molecule has 1 heterocycles. The van der Waals surface area contributed by atoms with Crippen molar-refractivity contribution in [2.45, 2.75) is 24.7 Å². The summed E-state index contributed by atoms with van der Waals surface area (Å²) < 4.78 is 33.2. The second-order valence-corrected chi connectivity index (χ2v) is 9.99. The van der Waals surface area contributed by atoms with E-state index in [-0.39, 0.29) is 29.7 Å². The second kappa shape index (κ2) is 10.7. The zero-order valence-corrected chi connectivity index (χ0v) is 20.5. The fraction of sp³-hybridized carbons (Fsp3) is 0.348. The van der Waals surface area contributed by atoms with E-state index in [0.29, 0.717) is 35.7 Å². The average molecular weight is 488 g/mol. The van der Waals surface area contributed by atoms with Crippen LogP contribution in [0.1, 0.15) is 19.2 Å². The summed E-state index contributed by atoms with van der Waals surface area (Å²) in [5, 5.41) is 5.47. The summed E-state index contributed by atoms with van der Waals surface area (Å²) in [6, 6.07) is 11.6. The minimum absolute atomic E-state index is 0.0693. The summed E-state index contributed by atoms with van der Waals surface area (Å²) in [4.78, 5) is 28.6. The van der Waals surface area contributed by atoms with Gasteiger partial charge in [0.05, 0.1) is 15.9 Å². The standard InChI is InChI=1S/C23H29N5O5S/c1-5-24-23(30)15-33-17-8-6-16(7-9-17)25-22(29)13-12-21-26-19-14-18(34(31,32)27(2)3)10-11-20(19)28(21)4/h6-11,14H,5,12-13,15H2,1-4H3,(H,24,30)(H,25,29). The Morgan fingerprint density at radius 2 is 1.79 bits per heavy atom. The zero-order chi connectivity index (χ0) is 24.9. The first-order valence-electron chi connectivity index (χ1n) is 10.8. The molecule has 2 amide bonds. The lowest BCUT2D eigenvalue weighted by molar-refractivity contribution is -0.123. The molecule has 0 aliphatic carbocycles. The van der Waals surface area contributed by atoms with Gasteiger partial charge in [-0.1, -0.05) is 0 Å². The van der Waals surface area contributed by atoms with Crippen LogP contribution in [0.5, 0.6) is 5.75 Å². The fourth-order valence-corrected chi connectivity index (χ4v) is 4.23. The van der Waals surface area contributed by atoms with Crippen molar-refractivity contribution in [2.75, 3.05) is 32.6 Å². The number of hydrogen-bond donors (Lipinski definition) is 2. The number of nitrogens with zero attached hydrogens (tertiary/aromatic N) is 3. The summed E-state index contributed by atoms with van der Waals surface area (Å²) in [6.45, 7) is 2.31. The van der Waals surface area contributed by atoms with Crippen LogP contribution in [0.25, 0.3) is 11.0 Å². The highest BCUT2D eigenvalue weighted by molar-refractivity contribution is 7.89. The van der Waals surface area contributed by atoms with Gasteiger partial charge in [0.1, 0.15) is 11.6 Å². The number of aromatic nitrogens is 2. The molecule has 0 bridgehead atoms. The highest BCUT2D eigenvalue weighted by Crippen LogP contribution is 2.22. The lowest BCUT2D eigenvalue weighted by atomic mass is 10.2. The maximum Gasteiger partial charge on any atom is 0.257 e. The molecule has 182 valence electrons. The first-order chi connectivity index (χ1) is 16.1. The molecule has 0 aliphatic heterocycles. The molecule has 11 heteroatoms. The van der Waals surface area contributed by atoms with Crippen LogP contribution in [0.15, 0.2) is 47.4 Å². The van der Waals surface area contributed by atoms with Crippen LogP contribution < -0.4 is 15.4 Å². The molecule has 0 atom stereocenters. The summed E-state index contributed by atoms with van der Waals surface area (Å²) in [5.74, 6) is 0.828. The Kier molecular flexibility index (Phi) is 7.90. The number of ether oxygens (including phenoxy) is 1. The van der Waals surface area contributed by atoms with E-state index in [0.717, 1.165) is 9.82 Å². The van der Waals surface area contributed by atoms with Crippen molar-refractivity contribution in [2.24, 2.45) is 7.05 Å². The Morgan fingerprint density at radius 3 is 2.44 bits per heavy atom. The third-order valence-electron chi connectivity index (χ3n) is 5.18. The van der Waals surface area contributed by atoms with Crippen LogP contribution in [0.2, 0.25) is 0 Å². The first-order valence-corrected chi connectivity index (χ1v) is 12.2. The minimum Gasteiger partial charge on any atom is -0.484 e. The second-order valence-electron chi connectivity index (χ2n) is 7.84. The molecular weight excluding hydrogens is 458 g/mol. The van der Waals surface area contributed by atoms with E-state index in [1.807, 2.05) is 18.5 Å². The number of rotatable bonds is 10. The molecule has 3 rings (SSSR count). The quantitative estimate of drug-likeness (QED) is 0.450. The molecule has 0 fully saturated rings. The minimum atomic E-state index is -3.55. The van der Waals surface area contributed by atoms with E-state index in [2.05, 4.69) is 15.6 Å². The molecule has 3 aromatic rings. The van der Waals surface area contributed by atoms with Crippen molar-refractivity contribution >= 4 is 38.6 Å². The first kappa shape index (κ1) is 25.2. The van der Waals surface area contributed by atoms with Gasteiger partial charge in [-0.25, -0.2) is 17.7 Å². The number of fused-ring (bicyclic) bond motifs is 1. The third kappa shape index (κ3) is 5.91. The topological polar surface area (TPSA) is 123 Å². The van der Waals surface area contributed by atoms with Crippen LogP contribution in [-0.4, -0.2) is 61.3 Å². The Labute approximate surface area is 199 Å².